The largest absolute Gasteiger partial charge is 0.492 e. The second kappa shape index (κ2) is 7.13. The van der Waals surface area contributed by atoms with Gasteiger partial charge in [-0.15, -0.1) is 0 Å². The van der Waals surface area contributed by atoms with E-state index in [0.717, 1.165) is 5.69 Å². The van der Waals surface area contributed by atoms with Gasteiger partial charge in [0.25, 0.3) is 5.56 Å². The molecule has 0 unspecified atom stereocenters. The predicted molar refractivity (Wildman–Crippen MR) is 97.2 cm³/mol. The van der Waals surface area contributed by atoms with Gasteiger partial charge in [-0.3, -0.25) is 4.79 Å². The average Bonchev–Trinajstić information content (AvgIpc) is 2.56. The van der Waals surface area contributed by atoms with Crippen molar-refractivity contribution >= 4 is 10.0 Å². The highest BCUT2D eigenvalue weighted by Crippen LogP contribution is 2.30. The Balaban J connectivity index is 1.71. The van der Waals surface area contributed by atoms with Crippen LogP contribution >= 0.6 is 0 Å². The quantitative estimate of drug-likeness (QED) is 0.762. The molecular formula is C18H22N2O5S. The third-order valence-corrected chi connectivity index (χ3v) is 6.23. The summed E-state index contributed by atoms with van der Waals surface area (Å²) in [6, 6.07) is 9.78. The molecule has 3 rings (SSSR count). The van der Waals surface area contributed by atoms with Crippen LogP contribution in [-0.2, 0) is 17.1 Å². The number of hydrogen-bond acceptors (Lipinski definition) is 5. The van der Waals surface area contributed by atoms with Crippen molar-refractivity contribution in [3.8, 4) is 11.5 Å². The van der Waals surface area contributed by atoms with Gasteiger partial charge in [0.15, 0.2) is 0 Å². The van der Waals surface area contributed by atoms with Gasteiger partial charge < -0.3 is 14.0 Å². The molecule has 1 saturated heterocycles. The first-order valence-electron chi connectivity index (χ1n) is 8.39. The Morgan fingerprint density at radius 1 is 1.19 bits per heavy atom. The van der Waals surface area contributed by atoms with E-state index in [4.69, 9.17) is 9.47 Å². The molecular weight excluding hydrogens is 356 g/mol. The number of benzene rings is 1. The second-order valence-electron chi connectivity index (χ2n) is 6.17. The zero-order chi connectivity index (χ0) is 18.9. The molecule has 8 heteroatoms. The van der Waals surface area contributed by atoms with E-state index in [2.05, 4.69) is 0 Å². The molecule has 1 aromatic heterocycles. The molecule has 0 amide bonds. The molecule has 1 aromatic carbocycles. The van der Waals surface area contributed by atoms with Crippen LogP contribution in [0.2, 0.25) is 0 Å². The lowest BCUT2D eigenvalue weighted by molar-refractivity contribution is 0.0757. The second-order valence-corrected chi connectivity index (χ2v) is 8.08. The van der Waals surface area contributed by atoms with Gasteiger partial charge in [-0.25, -0.2) is 8.42 Å². The summed E-state index contributed by atoms with van der Waals surface area (Å²) < 4.78 is 39.7. The third-order valence-electron chi connectivity index (χ3n) is 4.36. The van der Waals surface area contributed by atoms with E-state index in [1.54, 1.807) is 37.4 Å². The molecule has 1 aliphatic heterocycles. The Labute approximate surface area is 152 Å². The molecule has 2 aromatic rings. The number of rotatable bonds is 6. The molecule has 1 fully saturated rings. The Morgan fingerprint density at radius 3 is 2.54 bits per heavy atom. The molecule has 0 N–H and O–H groups in total. The maximum Gasteiger partial charge on any atom is 0.254 e. The summed E-state index contributed by atoms with van der Waals surface area (Å²) in [6.07, 6.45) is -0.282. The van der Waals surface area contributed by atoms with Gasteiger partial charge in [0, 0.05) is 18.8 Å². The van der Waals surface area contributed by atoms with E-state index in [1.165, 1.54) is 14.9 Å². The average molecular weight is 378 g/mol. The number of aryl methyl sites for hydroxylation is 1. The Hall–Kier alpha value is -2.32. The number of nitrogens with zero attached hydrogens (tertiary/aromatic N) is 2. The fourth-order valence-electron chi connectivity index (χ4n) is 2.75. The van der Waals surface area contributed by atoms with E-state index in [9.17, 15) is 13.2 Å². The van der Waals surface area contributed by atoms with Gasteiger partial charge in [0.05, 0.1) is 19.7 Å². The highest BCUT2D eigenvalue weighted by Gasteiger charge is 2.39. The topological polar surface area (TPSA) is 77.8 Å². The number of pyridine rings is 1. The molecule has 140 valence electrons. The minimum Gasteiger partial charge on any atom is -0.492 e. The maximum absolute atomic E-state index is 12.8. The summed E-state index contributed by atoms with van der Waals surface area (Å²) in [6.45, 7) is 4.48. The highest BCUT2D eigenvalue weighted by atomic mass is 32.2. The molecule has 0 bridgehead atoms. The normalized spacial score (nSPS) is 15.5. The van der Waals surface area contributed by atoms with Gasteiger partial charge in [0.1, 0.15) is 22.5 Å². The SMILES string of the molecule is CCOc1ccccc1S(=O)(=O)N1CC(Oc2cc(C)n(C)c(=O)c2)C1. The van der Waals surface area contributed by atoms with Gasteiger partial charge in [-0.05, 0) is 32.0 Å². The first kappa shape index (κ1) is 18.5. The Morgan fingerprint density at radius 2 is 1.88 bits per heavy atom. The molecule has 7 nitrogen and oxygen atoms in total. The first-order chi connectivity index (χ1) is 12.3. The van der Waals surface area contributed by atoms with Crippen LogP contribution in [0.4, 0.5) is 0 Å². The van der Waals surface area contributed by atoms with Gasteiger partial charge in [-0.1, -0.05) is 12.1 Å². The van der Waals surface area contributed by atoms with E-state index < -0.39 is 10.0 Å². The van der Waals surface area contributed by atoms with Crippen LogP contribution in [0.3, 0.4) is 0 Å². The van der Waals surface area contributed by atoms with E-state index in [1.807, 2.05) is 13.8 Å². The Bertz CT molecular complexity index is 962. The zero-order valence-corrected chi connectivity index (χ0v) is 15.8. The van der Waals surface area contributed by atoms with Crippen molar-refractivity contribution in [2.75, 3.05) is 19.7 Å². The minimum absolute atomic E-state index is 0.157. The van der Waals surface area contributed by atoms with Crippen molar-refractivity contribution in [1.82, 2.24) is 8.87 Å². The molecule has 0 saturated carbocycles. The van der Waals surface area contributed by atoms with E-state index in [0.29, 0.717) is 18.1 Å². The molecule has 1 aliphatic rings. The maximum atomic E-state index is 12.8. The molecule has 2 heterocycles. The predicted octanol–water partition coefficient (Wildman–Crippen LogP) is 1.54. The van der Waals surface area contributed by atoms with E-state index in [-0.39, 0.29) is 29.6 Å². The smallest absolute Gasteiger partial charge is 0.254 e. The summed E-state index contributed by atoms with van der Waals surface area (Å²) >= 11 is 0. The molecule has 26 heavy (non-hydrogen) atoms. The lowest BCUT2D eigenvalue weighted by Gasteiger charge is -2.38. The number of ether oxygens (including phenoxy) is 2. The van der Waals surface area contributed by atoms with Gasteiger partial charge >= 0.3 is 0 Å². The summed E-state index contributed by atoms with van der Waals surface area (Å²) in [5.41, 5.74) is 0.622. The number of para-hydroxylation sites is 1. The minimum atomic E-state index is -3.64. The van der Waals surface area contributed by atoms with Crippen LogP contribution in [-0.4, -0.2) is 43.1 Å². The van der Waals surface area contributed by atoms with Crippen molar-refractivity contribution in [2.24, 2.45) is 7.05 Å². The van der Waals surface area contributed by atoms with Crippen molar-refractivity contribution in [3.05, 3.63) is 52.4 Å². The fraction of sp³-hybridized carbons (Fsp3) is 0.389. The third kappa shape index (κ3) is 3.47. The van der Waals surface area contributed by atoms with Crippen LogP contribution in [0, 0.1) is 6.92 Å². The summed E-state index contributed by atoms with van der Waals surface area (Å²) in [5.74, 6) is 0.809. The van der Waals surface area contributed by atoms with Crippen molar-refractivity contribution < 1.29 is 17.9 Å². The van der Waals surface area contributed by atoms with Crippen molar-refractivity contribution in [1.29, 1.82) is 0 Å². The highest BCUT2D eigenvalue weighted by molar-refractivity contribution is 7.89. The van der Waals surface area contributed by atoms with E-state index >= 15 is 0 Å². The summed E-state index contributed by atoms with van der Waals surface area (Å²) in [4.78, 5) is 12.0. The lowest BCUT2D eigenvalue weighted by Crippen LogP contribution is -2.56. The number of aromatic nitrogens is 1. The standard InChI is InChI=1S/C18H22N2O5S/c1-4-24-16-7-5-6-8-17(16)26(22,23)20-11-15(12-20)25-14-9-13(2)19(3)18(21)10-14/h5-10,15H,4,11-12H2,1-3H3. The van der Waals surface area contributed by atoms with Gasteiger partial charge in [-0.2, -0.15) is 4.31 Å². The zero-order valence-electron chi connectivity index (χ0n) is 15.0. The van der Waals surface area contributed by atoms with Crippen molar-refractivity contribution in [3.63, 3.8) is 0 Å². The van der Waals surface area contributed by atoms with Crippen LogP contribution in [0.5, 0.6) is 11.5 Å². The molecule has 0 radical (unpaired) electrons. The lowest BCUT2D eigenvalue weighted by atomic mass is 10.2. The number of sulfonamides is 1. The summed E-state index contributed by atoms with van der Waals surface area (Å²) in [7, 11) is -1.95. The van der Waals surface area contributed by atoms with Crippen LogP contribution in [0.15, 0.2) is 46.1 Å². The van der Waals surface area contributed by atoms with Crippen LogP contribution in [0.1, 0.15) is 12.6 Å². The van der Waals surface area contributed by atoms with Crippen LogP contribution in [0.25, 0.3) is 0 Å². The summed E-state index contributed by atoms with van der Waals surface area (Å²) in [5, 5.41) is 0. The van der Waals surface area contributed by atoms with Crippen LogP contribution < -0.4 is 15.0 Å². The Kier molecular flexibility index (Phi) is 5.06. The van der Waals surface area contributed by atoms with Gasteiger partial charge in [0.2, 0.25) is 10.0 Å². The number of hydrogen-bond donors (Lipinski definition) is 0. The molecule has 0 aliphatic carbocycles. The fourth-order valence-corrected chi connectivity index (χ4v) is 4.38. The first-order valence-corrected chi connectivity index (χ1v) is 9.83. The molecule has 0 spiro atoms. The van der Waals surface area contributed by atoms with Crippen molar-refractivity contribution in [2.45, 2.75) is 24.8 Å². The monoisotopic (exact) mass is 378 g/mol. The molecule has 0 atom stereocenters.